The lowest BCUT2D eigenvalue weighted by molar-refractivity contribution is -0.261. The van der Waals surface area contributed by atoms with E-state index in [4.69, 9.17) is 47.1 Å². The Bertz CT molecular complexity index is 1590. The van der Waals surface area contributed by atoms with Gasteiger partial charge >= 0.3 is 6.09 Å². The van der Waals surface area contributed by atoms with Crippen molar-refractivity contribution in [3.8, 4) is 5.75 Å². The fourth-order valence-electron chi connectivity index (χ4n) is 5.60. The summed E-state index contributed by atoms with van der Waals surface area (Å²) in [5.74, 6) is 0.223. The van der Waals surface area contributed by atoms with E-state index >= 15 is 0 Å². The minimum Gasteiger partial charge on any atom is -0.483 e. The molecule has 270 valence electrons. The standard InChI is InChI=1S/C34H46Cl2N4O9/c1-19-20(31(44)39-27-29(43)28(42)24(17-41)48-32(27)46-5)16-21(35)30(26(19)36)47-18-25-38-22-12-8-9-13-23(22)40(25)15-11-7-6-10-14-37-33(45)49-34(2,3)4/h8-9,12-13,16,24,27-29,32,41-43H,6-7,10-11,14-15,17-18H2,1-5H3,(H,37,45)(H,39,44)/t24-,27-,28-,29-,32+/m1/s1. The molecular formula is C34H46Cl2N4O9. The summed E-state index contributed by atoms with van der Waals surface area (Å²) in [5, 5.41) is 36.0. The van der Waals surface area contributed by atoms with Crippen molar-refractivity contribution in [2.75, 3.05) is 20.3 Å². The number of para-hydroxylation sites is 2. The van der Waals surface area contributed by atoms with Crippen LogP contribution in [0.1, 0.15) is 68.2 Å². The molecule has 0 spiro atoms. The number of aryl methyl sites for hydroxylation is 1. The van der Waals surface area contributed by atoms with Crippen molar-refractivity contribution in [3.05, 3.63) is 57.3 Å². The summed E-state index contributed by atoms with van der Waals surface area (Å²) in [6, 6.07) is 8.07. The van der Waals surface area contributed by atoms with Crippen molar-refractivity contribution in [1.82, 2.24) is 20.2 Å². The highest BCUT2D eigenvalue weighted by molar-refractivity contribution is 6.38. The number of nitrogens with zero attached hydrogens (tertiary/aromatic N) is 2. The molecule has 1 aromatic heterocycles. The third-order valence-electron chi connectivity index (χ3n) is 8.13. The van der Waals surface area contributed by atoms with Crippen molar-refractivity contribution >= 4 is 46.2 Å². The van der Waals surface area contributed by atoms with Crippen LogP contribution in [0.3, 0.4) is 0 Å². The number of methoxy groups -OCH3 is 1. The minimum atomic E-state index is -1.48. The lowest BCUT2D eigenvalue weighted by Crippen LogP contribution is -2.64. The van der Waals surface area contributed by atoms with Gasteiger partial charge in [-0.25, -0.2) is 9.78 Å². The highest BCUT2D eigenvalue weighted by atomic mass is 35.5. The van der Waals surface area contributed by atoms with Gasteiger partial charge in [0, 0.05) is 25.8 Å². The number of rotatable bonds is 14. The monoisotopic (exact) mass is 724 g/mol. The lowest BCUT2D eigenvalue weighted by atomic mass is 9.96. The molecule has 1 saturated heterocycles. The van der Waals surface area contributed by atoms with E-state index in [1.807, 2.05) is 45.0 Å². The van der Waals surface area contributed by atoms with Crippen LogP contribution in [-0.2, 0) is 27.4 Å². The van der Waals surface area contributed by atoms with Gasteiger partial charge in [-0.15, -0.1) is 0 Å². The smallest absolute Gasteiger partial charge is 0.407 e. The van der Waals surface area contributed by atoms with Gasteiger partial charge in [-0.2, -0.15) is 0 Å². The minimum absolute atomic E-state index is 0.0595. The van der Waals surface area contributed by atoms with Crippen LogP contribution >= 0.6 is 23.2 Å². The number of aromatic nitrogens is 2. The molecule has 0 saturated carbocycles. The quantitative estimate of drug-likeness (QED) is 0.149. The van der Waals surface area contributed by atoms with Gasteiger partial charge in [0.2, 0.25) is 0 Å². The zero-order valence-corrected chi connectivity index (χ0v) is 29.9. The van der Waals surface area contributed by atoms with Gasteiger partial charge in [0.05, 0.1) is 27.7 Å². The first-order valence-corrected chi connectivity index (χ1v) is 17.0. The Balaban J connectivity index is 1.40. The van der Waals surface area contributed by atoms with Gasteiger partial charge in [-0.3, -0.25) is 4.79 Å². The van der Waals surface area contributed by atoms with E-state index in [9.17, 15) is 24.9 Å². The van der Waals surface area contributed by atoms with E-state index in [1.54, 1.807) is 6.92 Å². The van der Waals surface area contributed by atoms with Gasteiger partial charge in [0.15, 0.2) is 12.0 Å². The van der Waals surface area contributed by atoms with E-state index in [-0.39, 0.29) is 28.0 Å². The highest BCUT2D eigenvalue weighted by Crippen LogP contribution is 2.38. The normalized spacial score (nSPS) is 21.1. The van der Waals surface area contributed by atoms with E-state index in [2.05, 4.69) is 15.2 Å². The van der Waals surface area contributed by atoms with Crippen LogP contribution in [0.25, 0.3) is 11.0 Å². The summed E-state index contributed by atoms with van der Waals surface area (Å²) >= 11 is 13.3. The number of carbonyl (C=O) groups is 2. The van der Waals surface area contributed by atoms with Crippen molar-refractivity contribution in [2.45, 2.75) is 103 Å². The number of aliphatic hydroxyl groups is 3. The molecule has 1 fully saturated rings. The highest BCUT2D eigenvalue weighted by Gasteiger charge is 2.45. The maximum Gasteiger partial charge on any atom is 0.407 e. The first-order chi connectivity index (χ1) is 23.2. The Hall–Kier alpha value is -3.17. The Morgan fingerprint density at radius 1 is 1.08 bits per heavy atom. The van der Waals surface area contributed by atoms with Crippen molar-refractivity contribution in [1.29, 1.82) is 0 Å². The van der Waals surface area contributed by atoms with Gasteiger partial charge in [-0.05, 0) is 64.3 Å². The summed E-state index contributed by atoms with van der Waals surface area (Å²) in [5.41, 5.74) is 1.75. The molecule has 0 bridgehead atoms. The predicted molar refractivity (Wildman–Crippen MR) is 184 cm³/mol. The summed E-state index contributed by atoms with van der Waals surface area (Å²) in [6.45, 7) is 7.88. The second kappa shape index (κ2) is 17.2. The second-order valence-corrected chi connectivity index (χ2v) is 13.7. The number of ether oxygens (including phenoxy) is 4. The number of fused-ring (bicyclic) bond motifs is 1. The van der Waals surface area contributed by atoms with E-state index in [0.29, 0.717) is 24.5 Å². The molecule has 49 heavy (non-hydrogen) atoms. The molecule has 15 heteroatoms. The van der Waals surface area contributed by atoms with Crippen molar-refractivity contribution in [3.63, 3.8) is 0 Å². The number of benzene rings is 2. The van der Waals surface area contributed by atoms with Gasteiger partial charge in [-0.1, -0.05) is 48.2 Å². The number of imidazole rings is 1. The molecular weight excluding hydrogens is 679 g/mol. The van der Waals surface area contributed by atoms with Crippen LogP contribution in [0, 0.1) is 6.92 Å². The molecule has 0 aliphatic carbocycles. The summed E-state index contributed by atoms with van der Waals surface area (Å²) in [4.78, 5) is 30.0. The van der Waals surface area contributed by atoms with Gasteiger partial charge < -0.3 is 49.5 Å². The average molecular weight is 726 g/mol. The maximum absolute atomic E-state index is 13.3. The number of alkyl carbamates (subject to hydrolysis) is 1. The van der Waals surface area contributed by atoms with Crippen LogP contribution in [0.4, 0.5) is 4.79 Å². The Morgan fingerprint density at radius 2 is 1.80 bits per heavy atom. The SMILES string of the molecule is CO[C@H]1O[C@H](CO)[C@@H](O)[C@H](O)[C@H]1NC(=O)c1cc(Cl)c(OCc2nc3ccccc3n2CCCCCCNC(=O)OC(C)(C)C)c(Cl)c1C. The number of carbonyl (C=O) groups excluding carboxylic acids is 2. The fourth-order valence-corrected chi connectivity index (χ4v) is 6.17. The maximum atomic E-state index is 13.3. The molecule has 2 amide bonds. The van der Waals surface area contributed by atoms with Crippen molar-refractivity contribution < 1.29 is 43.9 Å². The lowest BCUT2D eigenvalue weighted by Gasteiger charge is -2.41. The molecule has 4 rings (SSSR count). The first kappa shape index (κ1) is 38.6. The van der Waals surface area contributed by atoms with Crippen LogP contribution in [0.15, 0.2) is 30.3 Å². The molecule has 0 unspecified atom stereocenters. The van der Waals surface area contributed by atoms with E-state index < -0.39 is 54.9 Å². The Morgan fingerprint density at radius 3 is 2.49 bits per heavy atom. The van der Waals surface area contributed by atoms with Crippen molar-refractivity contribution in [2.24, 2.45) is 0 Å². The third-order valence-corrected chi connectivity index (χ3v) is 8.87. The molecule has 0 radical (unpaired) electrons. The summed E-state index contributed by atoms with van der Waals surface area (Å²) in [6.07, 6.45) is -1.97. The summed E-state index contributed by atoms with van der Waals surface area (Å²) in [7, 11) is 1.32. The molecule has 5 atom stereocenters. The van der Waals surface area contributed by atoms with E-state index in [1.165, 1.54) is 13.2 Å². The van der Waals surface area contributed by atoms with Gasteiger partial charge in [0.1, 0.15) is 42.4 Å². The Kier molecular flexibility index (Phi) is 13.5. The fraction of sp³-hybridized carbons (Fsp3) is 0.559. The Labute approximate surface area is 295 Å². The predicted octanol–water partition coefficient (Wildman–Crippen LogP) is 4.50. The molecule has 2 aromatic carbocycles. The number of hydrogen-bond donors (Lipinski definition) is 5. The molecule has 1 aliphatic rings. The van der Waals surface area contributed by atoms with Crippen LogP contribution in [0.2, 0.25) is 10.0 Å². The number of unbranched alkanes of at least 4 members (excludes halogenated alkanes) is 3. The molecule has 13 nitrogen and oxygen atoms in total. The molecule has 3 aromatic rings. The first-order valence-electron chi connectivity index (χ1n) is 16.2. The number of amides is 2. The van der Waals surface area contributed by atoms with Crippen LogP contribution in [-0.4, -0.2) is 93.4 Å². The summed E-state index contributed by atoms with van der Waals surface area (Å²) < 4.78 is 24.2. The molecule has 5 N–H and O–H groups in total. The van der Waals surface area contributed by atoms with E-state index in [0.717, 1.165) is 36.7 Å². The number of halogens is 2. The topological polar surface area (TPSA) is 174 Å². The third kappa shape index (κ3) is 9.75. The molecule has 2 heterocycles. The van der Waals surface area contributed by atoms with Crippen LogP contribution < -0.4 is 15.4 Å². The number of hydrogen-bond acceptors (Lipinski definition) is 10. The zero-order valence-electron chi connectivity index (χ0n) is 28.4. The largest absolute Gasteiger partial charge is 0.483 e. The van der Waals surface area contributed by atoms with Gasteiger partial charge in [0.25, 0.3) is 5.91 Å². The molecule has 1 aliphatic heterocycles. The number of nitrogens with one attached hydrogen (secondary N) is 2. The zero-order chi connectivity index (χ0) is 35.9. The number of aliphatic hydroxyl groups excluding tert-OH is 3. The van der Waals surface area contributed by atoms with Crippen LogP contribution in [0.5, 0.6) is 5.75 Å². The second-order valence-electron chi connectivity index (χ2n) is 12.9. The average Bonchev–Trinajstić information content (AvgIpc) is 3.40.